The number of carbonyl (C=O) groups excluding carboxylic acids is 1. The van der Waals surface area contributed by atoms with Crippen LogP contribution in [0.25, 0.3) is 0 Å². The molecule has 3 atom stereocenters. The minimum atomic E-state index is -4.97. The second kappa shape index (κ2) is 6.29. The molecule has 1 saturated heterocycles. The molecule has 2 amide bonds. The van der Waals surface area contributed by atoms with E-state index >= 15 is 0 Å². The van der Waals surface area contributed by atoms with Gasteiger partial charge in [0.25, 0.3) is 0 Å². The Labute approximate surface area is 151 Å². The minimum Gasteiger partial charge on any atom is -0.377 e. The van der Waals surface area contributed by atoms with Crippen molar-refractivity contribution in [1.29, 1.82) is 0 Å². The number of urea groups is 1. The van der Waals surface area contributed by atoms with E-state index in [0.29, 0.717) is 18.7 Å². The highest BCUT2D eigenvalue weighted by molar-refractivity contribution is 5.90. The van der Waals surface area contributed by atoms with Crippen LogP contribution in [0.2, 0.25) is 0 Å². The van der Waals surface area contributed by atoms with Crippen LogP contribution in [0.4, 0.5) is 36.8 Å². The van der Waals surface area contributed by atoms with Gasteiger partial charge in [-0.1, -0.05) is 13.8 Å². The maximum atomic E-state index is 12.9. The summed E-state index contributed by atoms with van der Waals surface area (Å²) in [5, 5.41) is 4.74. The molecule has 0 unspecified atom stereocenters. The van der Waals surface area contributed by atoms with Gasteiger partial charge in [-0.25, -0.2) is 4.79 Å². The molecule has 27 heavy (non-hydrogen) atoms. The number of nitrogens with one attached hydrogen (secondary N) is 2. The third-order valence-electron chi connectivity index (χ3n) is 5.23. The van der Waals surface area contributed by atoms with E-state index in [1.807, 2.05) is 13.8 Å². The van der Waals surface area contributed by atoms with Crippen LogP contribution in [0.3, 0.4) is 0 Å². The number of carbonyl (C=O) groups is 1. The molecular weight excluding hydrogens is 378 g/mol. The SMILES string of the molecule is CC1(C)[C@H](NC(=O)Nc2cc(C(F)(F)F)cc(C(F)(F)F)c2)[C@@H]2CCO[C@H]21. The number of benzene rings is 1. The molecule has 1 aromatic rings. The summed E-state index contributed by atoms with van der Waals surface area (Å²) in [6, 6.07) is -0.174. The van der Waals surface area contributed by atoms with Gasteiger partial charge in [0, 0.05) is 29.7 Å². The number of alkyl halides is 6. The fourth-order valence-electron chi connectivity index (χ4n) is 3.95. The number of amides is 2. The molecule has 2 aliphatic rings. The zero-order valence-electron chi connectivity index (χ0n) is 14.5. The highest BCUT2D eigenvalue weighted by Gasteiger charge is 2.59. The number of hydrogen-bond acceptors (Lipinski definition) is 2. The Morgan fingerprint density at radius 3 is 2.15 bits per heavy atom. The molecule has 4 nitrogen and oxygen atoms in total. The first-order valence-corrected chi connectivity index (χ1v) is 8.29. The van der Waals surface area contributed by atoms with Crippen LogP contribution in [0.1, 0.15) is 31.4 Å². The van der Waals surface area contributed by atoms with Crippen LogP contribution in [0, 0.1) is 11.3 Å². The standard InChI is InChI=1S/C17H18F6N2O2/c1-15(2)12(11-3-4-27-13(11)15)25-14(26)24-10-6-8(16(18,19)20)5-9(7-10)17(21,22)23/h5-7,11-13H,3-4H2,1-2H3,(H2,24,25,26)/t11-,12+,13+/m0/s1. The maximum Gasteiger partial charge on any atom is 0.416 e. The Morgan fingerprint density at radius 2 is 1.63 bits per heavy atom. The Bertz CT molecular complexity index is 712. The van der Waals surface area contributed by atoms with Gasteiger partial charge in [0.05, 0.1) is 17.2 Å². The first-order valence-electron chi connectivity index (χ1n) is 8.29. The number of ether oxygens (including phenoxy) is 1. The van der Waals surface area contributed by atoms with Gasteiger partial charge in [0.15, 0.2) is 0 Å². The van der Waals surface area contributed by atoms with E-state index in [9.17, 15) is 31.1 Å². The van der Waals surface area contributed by atoms with Crippen LogP contribution in [-0.4, -0.2) is 24.8 Å². The quantitative estimate of drug-likeness (QED) is 0.715. The predicted molar refractivity (Wildman–Crippen MR) is 84.0 cm³/mol. The maximum absolute atomic E-state index is 12.9. The third kappa shape index (κ3) is 3.71. The average molecular weight is 396 g/mol. The summed E-state index contributed by atoms with van der Waals surface area (Å²) >= 11 is 0. The van der Waals surface area contributed by atoms with Crippen molar-refractivity contribution in [2.75, 3.05) is 11.9 Å². The predicted octanol–water partition coefficient (Wildman–Crippen LogP) is 4.66. The molecule has 0 spiro atoms. The molecular formula is C17H18F6N2O2. The van der Waals surface area contributed by atoms with Crippen LogP contribution in [0.15, 0.2) is 18.2 Å². The third-order valence-corrected chi connectivity index (χ3v) is 5.23. The van der Waals surface area contributed by atoms with E-state index in [1.165, 1.54) is 0 Å². The Morgan fingerprint density at radius 1 is 1.07 bits per heavy atom. The van der Waals surface area contributed by atoms with Crippen LogP contribution in [-0.2, 0) is 17.1 Å². The minimum absolute atomic E-state index is 0.0125. The molecule has 1 aliphatic heterocycles. The molecule has 150 valence electrons. The van der Waals surface area contributed by atoms with Gasteiger partial charge < -0.3 is 15.4 Å². The first-order chi connectivity index (χ1) is 12.3. The van der Waals surface area contributed by atoms with Crippen molar-refractivity contribution in [1.82, 2.24) is 5.32 Å². The topological polar surface area (TPSA) is 50.4 Å². The lowest BCUT2D eigenvalue weighted by Crippen LogP contribution is -2.67. The number of rotatable bonds is 2. The molecule has 1 heterocycles. The van der Waals surface area contributed by atoms with Gasteiger partial charge in [-0.05, 0) is 24.6 Å². The highest BCUT2D eigenvalue weighted by Crippen LogP contribution is 2.52. The van der Waals surface area contributed by atoms with Crippen LogP contribution >= 0.6 is 0 Å². The van der Waals surface area contributed by atoms with Crippen LogP contribution < -0.4 is 10.6 Å². The molecule has 3 rings (SSSR count). The number of halogens is 6. The largest absolute Gasteiger partial charge is 0.416 e. The van der Waals surface area contributed by atoms with Gasteiger partial charge in [0.1, 0.15) is 0 Å². The average Bonchev–Trinajstić information content (AvgIpc) is 2.98. The zero-order chi connectivity index (χ0) is 20.2. The summed E-state index contributed by atoms with van der Waals surface area (Å²) in [6.07, 6.45) is -9.23. The molecule has 1 aromatic carbocycles. The Kier molecular flexibility index (Phi) is 4.61. The van der Waals surface area contributed by atoms with Crippen molar-refractivity contribution < 1.29 is 35.9 Å². The molecule has 10 heteroatoms. The second-order valence-corrected chi connectivity index (χ2v) is 7.44. The van der Waals surface area contributed by atoms with E-state index in [4.69, 9.17) is 4.74 Å². The summed E-state index contributed by atoms with van der Waals surface area (Å²) in [4.78, 5) is 12.2. The molecule has 1 aliphatic carbocycles. The lowest BCUT2D eigenvalue weighted by atomic mass is 9.57. The zero-order valence-corrected chi connectivity index (χ0v) is 14.5. The van der Waals surface area contributed by atoms with E-state index in [0.717, 1.165) is 6.42 Å². The molecule has 1 saturated carbocycles. The van der Waals surface area contributed by atoms with E-state index < -0.39 is 35.2 Å². The Hall–Kier alpha value is -1.97. The molecule has 2 N–H and O–H groups in total. The smallest absolute Gasteiger partial charge is 0.377 e. The summed E-state index contributed by atoms with van der Waals surface area (Å²) in [5.41, 5.74) is -3.92. The summed E-state index contributed by atoms with van der Waals surface area (Å²) < 4.78 is 82.9. The van der Waals surface area contributed by atoms with Gasteiger partial charge in [-0.15, -0.1) is 0 Å². The fraction of sp³-hybridized carbons (Fsp3) is 0.588. The lowest BCUT2D eigenvalue weighted by Gasteiger charge is -2.54. The molecule has 0 bridgehead atoms. The van der Waals surface area contributed by atoms with Crippen molar-refractivity contribution in [3.8, 4) is 0 Å². The van der Waals surface area contributed by atoms with E-state index in [-0.39, 0.29) is 29.5 Å². The van der Waals surface area contributed by atoms with Crippen molar-refractivity contribution in [3.63, 3.8) is 0 Å². The second-order valence-electron chi connectivity index (χ2n) is 7.44. The van der Waals surface area contributed by atoms with Gasteiger partial charge in [-0.3, -0.25) is 0 Å². The number of fused-ring (bicyclic) bond motifs is 1. The number of hydrogen-bond donors (Lipinski definition) is 2. The molecule has 0 radical (unpaired) electrons. The van der Waals surface area contributed by atoms with Crippen molar-refractivity contribution in [2.24, 2.45) is 11.3 Å². The first kappa shape index (κ1) is 19.8. The van der Waals surface area contributed by atoms with Gasteiger partial charge in [0.2, 0.25) is 0 Å². The van der Waals surface area contributed by atoms with Crippen molar-refractivity contribution in [3.05, 3.63) is 29.3 Å². The highest BCUT2D eigenvalue weighted by atomic mass is 19.4. The van der Waals surface area contributed by atoms with Gasteiger partial charge in [-0.2, -0.15) is 26.3 Å². The van der Waals surface area contributed by atoms with E-state index in [2.05, 4.69) is 10.6 Å². The molecule has 0 aromatic heterocycles. The number of anilines is 1. The van der Waals surface area contributed by atoms with Crippen molar-refractivity contribution in [2.45, 2.75) is 44.8 Å². The monoisotopic (exact) mass is 396 g/mol. The summed E-state index contributed by atoms with van der Waals surface area (Å²) in [7, 11) is 0. The fourth-order valence-corrected chi connectivity index (χ4v) is 3.95. The summed E-state index contributed by atoms with van der Waals surface area (Å²) in [6.45, 7) is 4.33. The lowest BCUT2D eigenvalue weighted by molar-refractivity contribution is -0.143. The van der Waals surface area contributed by atoms with Gasteiger partial charge >= 0.3 is 18.4 Å². The normalized spacial score (nSPS) is 26.9. The van der Waals surface area contributed by atoms with E-state index in [1.54, 1.807) is 0 Å². The molecule has 2 fully saturated rings. The van der Waals surface area contributed by atoms with Crippen molar-refractivity contribution >= 4 is 11.7 Å². The Balaban J connectivity index is 1.77. The summed E-state index contributed by atoms with van der Waals surface area (Å²) in [5.74, 6) is 0.0815. The van der Waals surface area contributed by atoms with Crippen LogP contribution in [0.5, 0.6) is 0 Å².